The summed E-state index contributed by atoms with van der Waals surface area (Å²) in [5.41, 5.74) is 0. The summed E-state index contributed by atoms with van der Waals surface area (Å²) in [4.78, 5) is 0. The van der Waals surface area contributed by atoms with Gasteiger partial charge in [-0.3, -0.25) is 0 Å². The molecule has 0 spiro atoms. The van der Waals surface area contributed by atoms with Crippen LogP contribution in [-0.2, 0) is 76.9 Å². The Labute approximate surface area is 497 Å². The molecule has 74 heavy (non-hydrogen) atoms. The zero-order valence-corrected chi connectivity index (χ0v) is 60.4. The third-order valence-electron chi connectivity index (χ3n) is 12.7. The number of hydrogen-bond acceptors (Lipinski definition) is 6. The quantitative estimate of drug-likeness (QED) is 0.143. The third kappa shape index (κ3) is 32.2. The Morgan fingerprint density at radius 1 is 0.338 bits per heavy atom. The largest absolute Gasteiger partial charge is 2.00 e. The molecule has 15 heteroatoms. The van der Waals surface area contributed by atoms with Gasteiger partial charge in [-0.05, 0) is 175 Å². The van der Waals surface area contributed by atoms with E-state index in [1.807, 2.05) is 0 Å². The van der Waals surface area contributed by atoms with Crippen molar-refractivity contribution in [2.45, 2.75) is 233 Å². The first kappa shape index (κ1) is 78.9. The second-order valence-corrected chi connectivity index (χ2v) is 53.8. The van der Waals surface area contributed by atoms with Crippen LogP contribution in [0.2, 0.25) is 118 Å². The zero-order valence-electron chi connectivity index (χ0n) is 51.3. The fraction of sp³-hybridized carbons (Fsp3) is 0.695. The van der Waals surface area contributed by atoms with E-state index in [1.54, 1.807) is 0 Å². The van der Waals surface area contributed by atoms with Gasteiger partial charge in [-0.1, -0.05) is 33.1 Å². The van der Waals surface area contributed by atoms with Crippen molar-refractivity contribution in [2.24, 2.45) is 29.6 Å². The number of hydrogen-bond donors (Lipinski definition) is 0. The molecule has 3 saturated carbocycles. The van der Waals surface area contributed by atoms with Gasteiger partial charge in [0.05, 0.1) is 36.6 Å². The predicted octanol–water partition coefficient (Wildman–Crippen LogP) is 17.8. The summed E-state index contributed by atoms with van der Waals surface area (Å²) in [5.74, 6) is 8.25. The van der Waals surface area contributed by atoms with Crippen molar-refractivity contribution in [3.8, 4) is 0 Å². The fourth-order valence-corrected chi connectivity index (χ4v) is 17.2. The van der Waals surface area contributed by atoms with Gasteiger partial charge in [-0.2, -0.15) is 90.7 Å². The maximum atomic E-state index is 6.31. The molecular formula is C59H112Co3O6Si6. The van der Waals surface area contributed by atoms with Gasteiger partial charge in [-0.15, -0.1) is 17.8 Å². The molecular weight excluding hydrogens is 1150 g/mol. The molecule has 0 aliphatic heterocycles. The number of fused-ring (bicyclic) bond motifs is 6. The fourth-order valence-electron chi connectivity index (χ4n) is 10.2. The van der Waals surface area contributed by atoms with E-state index in [0.29, 0.717) is 42.5 Å². The molecule has 9 aliphatic carbocycles. The molecule has 0 aromatic carbocycles. The molecule has 0 saturated heterocycles. The monoisotopic (exact) mass is 1260 g/mol. The van der Waals surface area contributed by atoms with Crippen LogP contribution in [0.25, 0.3) is 0 Å². The second-order valence-electron chi connectivity index (χ2n) is 27.1. The summed E-state index contributed by atoms with van der Waals surface area (Å²) in [7, 11) is -8.55. The molecule has 7 atom stereocenters. The van der Waals surface area contributed by atoms with E-state index in [2.05, 4.69) is 205 Å². The minimum absolute atomic E-state index is 0. The van der Waals surface area contributed by atoms with Crippen molar-refractivity contribution in [1.82, 2.24) is 0 Å². The van der Waals surface area contributed by atoms with Crippen LogP contribution in [0, 0.1) is 69.6 Å². The molecule has 7 unspecified atom stereocenters. The Bertz CT molecular complexity index is 1490. The van der Waals surface area contributed by atoms with Crippen LogP contribution < -0.4 is 0 Å². The Morgan fingerprint density at radius 3 is 0.811 bits per heavy atom. The minimum atomic E-state index is -1.45. The van der Waals surface area contributed by atoms with E-state index in [4.69, 9.17) is 26.6 Å². The van der Waals surface area contributed by atoms with Gasteiger partial charge in [0, 0.05) is 0 Å². The van der Waals surface area contributed by atoms with Crippen LogP contribution in [0.5, 0.6) is 0 Å². The van der Waals surface area contributed by atoms with Gasteiger partial charge >= 0.3 is 50.3 Å². The van der Waals surface area contributed by atoms with E-state index in [-0.39, 0.29) is 72.6 Å². The first-order valence-corrected chi connectivity index (χ1v) is 47.4. The smallest absolute Gasteiger partial charge is 0.412 e. The van der Waals surface area contributed by atoms with Gasteiger partial charge < -0.3 is 48.8 Å². The van der Waals surface area contributed by atoms with Crippen molar-refractivity contribution in [1.29, 1.82) is 0 Å². The first-order chi connectivity index (χ1) is 31.2. The van der Waals surface area contributed by atoms with Gasteiger partial charge in [0.25, 0.3) is 0 Å². The van der Waals surface area contributed by atoms with Crippen LogP contribution in [0.4, 0.5) is 0 Å². The van der Waals surface area contributed by atoms with Gasteiger partial charge in [-0.25, -0.2) is 0 Å². The number of rotatable bonds is 12. The molecule has 0 aromatic rings. The van der Waals surface area contributed by atoms with Crippen molar-refractivity contribution < 1.29 is 76.9 Å². The summed E-state index contributed by atoms with van der Waals surface area (Å²) >= 11 is 0. The zero-order chi connectivity index (χ0) is 50.9. The predicted molar refractivity (Wildman–Crippen MR) is 328 cm³/mol. The summed E-state index contributed by atoms with van der Waals surface area (Å²) in [6.45, 7) is 45.4. The van der Waals surface area contributed by atoms with Gasteiger partial charge in [0.2, 0.25) is 0 Å². The normalized spacial score (nSPS) is 26.8. The molecule has 0 N–H and O–H groups in total. The standard InChI is InChI=1S/2C12H28O2Si2.C11H26O2Si2.3C7H7.3CH3.3Co/c1-10-8-11(13-15(2,3)4)12(9-10)14-16(5,6)7;1-10-8-9-11(13-15(2,3)4)12(10)14-16(5,6)7;1-14(2,3)12-10-8-7-9-11(10)13-15(4,5)6;3*1-2-7-4-3-6(1)5-7;;;;;;/h2*10-12H,8-9H2,1-7H3;10-11H,7-9H2,1-6H3;3*1-4,6H,5H2;3*1H3;;;/q;;;6*-1;3*+2. The molecule has 435 valence electrons. The summed E-state index contributed by atoms with van der Waals surface area (Å²) in [5, 5.41) is 0. The van der Waals surface area contributed by atoms with E-state index in [9.17, 15) is 0 Å². The van der Waals surface area contributed by atoms with Crippen LogP contribution >= 0.6 is 0 Å². The maximum absolute atomic E-state index is 6.31. The molecule has 9 aliphatic rings. The molecule has 9 rings (SSSR count). The molecule has 3 fully saturated rings. The number of allylic oxidation sites excluding steroid dienone is 12. The van der Waals surface area contributed by atoms with Crippen LogP contribution in [0.3, 0.4) is 0 Å². The molecule has 0 heterocycles. The second kappa shape index (κ2) is 34.2. The van der Waals surface area contributed by atoms with E-state index in [1.165, 1.54) is 82.0 Å². The summed E-state index contributed by atoms with van der Waals surface area (Å²) < 4.78 is 37.5. The van der Waals surface area contributed by atoms with E-state index >= 15 is 0 Å². The van der Waals surface area contributed by atoms with Crippen molar-refractivity contribution >= 4 is 49.9 Å². The van der Waals surface area contributed by atoms with E-state index < -0.39 is 49.9 Å². The van der Waals surface area contributed by atoms with Crippen molar-refractivity contribution in [2.75, 3.05) is 0 Å². The molecule has 6 bridgehead atoms. The van der Waals surface area contributed by atoms with Crippen LogP contribution in [-0.4, -0.2) is 86.5 Å². The molecule has 0 aromatic heterocycles. The first-order valence-electron chi connectivity index (χ1n) is 26.9. The average molecular weight is 1260 g/mol. The summed E-state index contributed by atoms with van der Waals surface area (Å²) in [6.07, 6.45) is 41.3. The Kier molecular flexibility index (Phi) is 36.4. The van der Waals surface area contributed by atoms with Crippen molar-refractivity contribution in [3.63, 3.8) is 0 Å². The van der Waals surface area contributed by atoms with Gasteiger partial charge in [0.15, 0.2) is 49.9 Å². The van der Waals surface area contributed by atoms with Crippen molar-refractivity contribution in [3.05, 3.63) is 113 Å². The molecule has 0 amide bonds. The Hall–Kier alpha value is 0.631. The summed E-state index contributed by atoms with van der Waals surface area (Å²) in [6, 6.07) is 0. The average Bonchev–Trinajstić information content (AvgIpc) is 4.03. The van der Waals surface area contributed by atoms with Crippen LogP contribution in [0.1, 0.15) is 78.1 Å². The topological polar surface area (TPSA) is 55.4 Å². The molecule has 3 radical (unpaired) electrons. The molecule has 6 nitrogen and oxygen atoms in total. The third-order valence-corrected chi connectivity index (χ3v) is 18.7. The van der Waals surface area contributed by atoms with Gasteiger partial charge in [0.1, 0.15) is 0 Å². The maximum Gasteiger partial charge on any atom is 2.00 e. The Morgan fingerprint density at radius 2 is 0.595 bits per heavy atom. The SMILES string of the molecule is C1=CC2C=C[C-]1C2.C1=CC2C=C[C-]1C2.C1=CC2C=C[C-]1C2.CC1CC(O[Si](C)(C)C)C(O[Si](C)(C)C)C1.CC1CCC(O[Si](C)(C)C)C1O[Si](C)(C)C.C[Si](C)(C)OC1CCCC1O[Si](C)(C)C.[CH3-].[CH3-].[CH3-].[Co+2].[Co+2].[Co+2]. The minimum Gasteiger partial charge on any atom is -0.412 e. The van der Waals surface area contributed by atoms with Crippen LogP contribution in [0.15, 0.2) is 72.9 Å². The van der Waals surface area contributed by atoms with E-state index in [0.717, 1.165) is 23.7 Å². The Balaban J connectivity index is -0.000000827.